The van der Waals surface area contributed by atoms with Crippen LogP contribution in [0.4, 0.5) is 11.6 Å². The van der Waals surface area contributed by atoms with Crippen molar-refractivity contribution in [1.82, 2.24) is 9.88 Å². The second-order valence-electron chi connectivity index (χ2n) is 6.99. The van der Waals surface area contributed by atoms with Crippen molar-refractivity contribution in [2.24, 2.45) is 0 Å². The normalized spacial score (nSPS) is 14.0. The van der Waals surface area contributed by atoms with Gasteiger partial charge < -0.3 is 23.5 Å². The Morgan fingerprint density at radius 2 is 1.97 bits per heavy atom. The number of nitrogens with zero attached hydrogens (tertiary/aromatic N) is 5. The van der Waals surface area contributed by atoms with Crippen LogP contribution in [0, 0.1) is 11.3 Å². The number of piperazine rings is 1. The van der Waals surface area contributed by atoms with Crippen molar-refractivity contribution in [2.45, 2.75) is 0 Å². The summed E-state index contributed by atoms with van der Waals surface area (Å²) in [6.45, 7) is 2.18. The SMILES string of the molecule is CN(C)c1cccc(C(=O)N2CCN(c3oc(-c4ccco4)nc3C#N)CC2)c1. The van der Waals surface area contributed by atoms with Gasteiger partial charge in [0.15, 0.2) is 5.76 Å². The molecule has 1 aromatic carbocycles. The molecule has 1 saturated heterocycles. The highest BCUT2D eigenvalue weighted by atomic mass is 16.4. The number of aromatic nitrogens is 1. The average molecular weight is 391 g/mol. The molecule has 1 aliphatic heterocycles. The topological polar surface area (TPSA) is 89.8 Å². The van der Waals surface area contributed by atoms with Crippen molar-refractivity contribution in [3.63, 3.8) is 0 Å². The Labute approximate surface area is 168 Å². The van der Waals surface area contributed by atoms with Gasteiger partial charge in [-0.1, -0.05) is 6.07 Å². The highest BCUT2D eigenvalue weighted by molar-refractivity contribution is 5.95. The van der Waals surface area contributed by atoms with E-state index in [9.17, 15) is 10.1 Å². The maximum atomic E-state index is 12.9. The number of rotatable bonds is 4. The Balaban J connectivity index is 1.47. The van der Waals surface area contributed by atoms with E-state index in [1.165, 1.54) is 6.26 Å². The molecule has 148 valence electrons. The first-order valence-electron chi connectivity index (χ1n) is 9.33. The van der Waals surface area contributed by atoms with E-state index in [4.69, 9.17) is 8.83 Å². The molecule has 1 fully saturated rings. The molecule has 3 heterocycles. The van der Waals surface area contributed by atoms with Crippen LogP contribution in [0.5, 0.6) is 0 Å². The van der Waals surface area contributed by atoms with Crippen molar-refractivity contribution in [1.29, 1.82) is 5.26 Å². The molecule has 0 atom stereocenters. The van der Waals surface area contributed by atoms with E-state index in [1.807, 2.05) is 53.1 Å². The van der Waals surface area contributed by atoms with E-state index in [2.05, 4.69) is 11.1 Å². The first-order valence-corrected chi connectivity index (χ1v) is 9.33. The summed E-state index contributed by atoms with van der Waals surface area (Å²) in [4.78, 5) is 22.8. The molecule has 29 heavy (non-hydrogen) atoms. The summed E-state index contributed by atoms with van der Waals surface area (Å²) in [6, 6.07) is 13.1. The fourth-order valence-electron chi connectivity index (χ4n) is 3.32. The molecular weight excluding hydrogens is 370 g/mol. The Kier molecular flexibility index (Phi) is 4.96. The van der Waals surface area contributed by atoms with E-state index in [0.717, 1.165) is 5.69 Å². The van der Waals surface area contributed by atoms with Crippen LogP contribution in [0.1, 0.15) is 16.1 Å². The smallest absolute Gasteiger partial charge is 0.266 e. The lowest BCUT2D eigenvalue weighted by molar-refractivity contribution is 0.0745. The lowest BCUT2D eigenvalue weighted by Gasteiger charge is -2.34. The predicted octanol–water partition coefficient (Wildman–Crippen LogP) is 2.83. The van der Waals surface area contributed by atoms with Gasteiger partial charge in [0, 0.05) is 51.5 Å². The van der Waals surface area contributed by atoms with Crippen LogP contribution in [-0.4, -0.2) is 56.1 Å². The fourth-order valence-corrected chi connectivity index (χ4v) is 3.32. The minimum atomic E-state index is 0.00250. The molecule has 0 saturated carbocycles. The van der Waals surface area contributed by atoms with Gasteiger partial charge in [0.2, 0.25) is 11.6 Å². The molecule has 2 aromatic heterocycles. The van der Waals surface area contributed by atoms with E-state index in [1.54, 1.807) is 12.1 Å². The van der Waals surface area contributed by atoms with Gasteiger partial charge in [-0.15, -0.1) is 0 Å². The zero-order chi connectivity index (χ0) is 20.4. The summed E-state index contributed by atoms with van der Waals surface area (Å²) in [5.41, 5.74) is 1.87. The summed E-state index contributed by atoms with van der Waals surface area (Å²) >= 11 is 0. The summed E-state index contributed by atoms with van der Waals surface area (Å²) in [7, 11) is 3.90. The van der Waals surface area contributed by atoms with Crippen molar-refractivity contribution < 1.29 is 13.6 Å². The Morgan fingerprint density at radius 3 is 2.62 bits per heavy atom. The molecule has 8 nitrogen and oxygen atoms in total. The van der Waals surface area contributed by atoms with Crippen molar-refractivity contribution >= 4 is 17.5 Å². The van der Waals surface area contributed by atoms with Gasteiger partial charge in [0.1, 0.15) is 6.07 Å². The molecule has 0 bridgehead atoms. The highest BCUT2D eigenvalue weighted by Gasteiger charge is 2.27. The Morgan fingerprint density at radius 1 is 1.17 bits per heavy atom. The number of carbonyl (C=O) groups excluding carboxylic acids is 1. The van der Waals surface area contributed by atoms with Crippen LogP contribution in [0.3, 0.4) is 0 Å². The van der Waals surface area contributed by atoms with Crippen LogP contribution < -0.4 is 9.80 Å². The fraction of sp³-hybridized carbons (Fsp3) is 0.286. The zero-order valence-corrected chi connectivity index (χ0v) is 16.3. The molecule has 0 unspecified atom stereocenters. The largest absolute Gasteiger partial charge is 0.459 e. The lowest BCUT2D eigenvalue weighted by Crippen LogP contribution is -2.48. The van der Waals surface area contributed by atoms with Crippen LogP contribution in [0.15, 0.2) is 51.5 Å². The number of nitriles is 1. The van der Waals surface area contributed by atoms with Crippen molar-refractivity contribution in [3.05, 3.63) is 53.9 Å². The van der Waals surface area contributed by atoms with Gasteiger partial charge in [-0.25, -0.2) is 0 Å². The molecule has 1 amide bonds. The Bertz CT molecular complexity index is 1040. The molecule has 3 aromatic rings. The number of oxazole rings is 1. The molecule has 0 aliphatic carbocycles. The number of benzene rings is 1. The lowest BCUT2D eigenvalue weighted by atomic mass is 10.1. The number of carbonyl (C=O) groups is 1. The van der Waals surface area contributed by atoms with Crippen LogP contribution in [0.2, 0.25) is 0 Å². The third kappa shape index (κ3) is 3.67. The standard InChI is InChI=1S/C21H21N5O3/c1-24(2)16-6-3-5-15(13-16)20(27)25-8-10-26(11-9-25)21-17(14-22)23-19(29-21)18-7-4-12-28-18/h3-7,12-13H,8-11H2,1-2H3. The van der Waals surface area contributed by atoms with Gasteiger partial charge >= 0.3 is 0 Å². The van der Waals surface area contributed by atoms with Gasteiger partial charge in [0.25, 0.3) is 11.8 Å². The first-order chi connectivity index (χ1) is 14.1. The number of hydrogen-bond acceptors (Lipinski definition) is 7. The second kappa shape index (κ2) is 7.72. The van der Waals surface area contributed by atoms with Gasteiger partial charge in [-0.2, -0.15) is 10.2 Å². The third-order valence-corrected chi connectivity index (χ3v) is 4.91. The minimum Gasteiger partial charge on any atom is -0.459 e. The summed E-state index contributed by atoms with van der Waals surface area (Å²) in [6.07, 6.45) is 1.53. The summed E-state index contributed by atoms with van der Waals surface area (Å²) in [5.74, 6) is 1.17. The van der Waals surface area contributed by atoms with Gasteiger partial charge in [-0.05, 0) is 30.3 Å². The monoisotopic (exact) mass is 391 g/mol. The van der Waals surface area contributed by atoms with Gasteiger partial charge in [-0.3, -0.25) is 4.79 Å². The minimum absolute atomic E-state index is 0.00250. The van der Waals surface area contributed by atoms with Crippen LogP contribution in [-0.2, 0) is 0 Å². The molecule has 0 N–H and O–H groups in total. The number of anilines is 2. The van der Waals surface area contributed by atoms with Gasteiger partial charge in [0.05, 0.1) is 6.26 Å². The van der Waals surface area contributed by atoms with Crippen molar-refractivity contribution in [2.75, 3.05) is 50.1 Å². The highest BCUT2D eigenvalue weighted by Crippen LogP contribution is 2.29. The molecule has 0 spiro atoms. The predicted molar refractivity (Wildman–Crippen MR) is 108 cm³/mol. The Hall–Kier alpha value is -3.73. The van der Waals surface area contributed by atoms with Crippen LogP contribution in [0.25, 0.3) is 11.7 Å². The maximum absolute atomic E-state index is 12.9. The van der Waals surface area contributed by atoms with E-state index < -0.39 is 0 Å². The number of amides is 1. The van der Waals surface area contributed by atoms with E-state index in [0.29, 0.717) is 43.4 Å². The van der Waals surface area contributed by atoms with Crippen molar-refractivity contribution in [3.8, 4) is 17.7 Å². The molecule has 8 heteroatoms. The van der Waals surface area contributed by atoms with E-state index in [-0.39, 0.29) is 17.5 Å². The summed E-state index contributed by atoms with van der Waals surface area (Å²) in [5, 5.41) is 9.42. The number of furan rings is 1. The maximum Gasteiger partial charge on any atom is 0.266 e. The quantitative estimate of drug-likeness (QED) is 0.675. The summed E-state index contributed by atoms with van der Waals surface area (Å²) < 4.78 is 11.1. The molecule has 0 radical (unpaired) electrons. The molecular formula is C21H21N5O3. The second-order valence-corrected chi connectivity index (χ2v) is 6.99. The van der Waals surface area contributed by atoms with Crippen LogP contribution >= 0.6 is 0 Å². The molecule has 1 aliphatic rings. The van der Waals surface area contributed by atoms with E-state index >= 15 is 0 Å². The first kappa shape index (κ1) is 18.6. The molecule has 4 rings (SSSR count). The number of hydrogen-bond donors (Lipinski definition) is 0. The zero-order valence-electron chi connectivity index (χ0n) is 16.3. The average Bonchev–Trinajstić information content (AvgIpc) is 3.43. The third-order valence-electron chi connectivity index (χ3n) is 4.91.